The third kappa shape index (κ3) is 7.67. The molecule has 0 saturated heterocycles. The maximum absolute atomic E-state index is 5.17. The Balaban J connectivity index is 1.11. The highest BCUT2D eigenvalue weighted by Crippen LogP contribution is 2.43. The molecule has 0 aliphatic heterocycles. The summed E-state index contributed by atoms with van der Waals surface area (Å²) < 4.78 is 2.43. The van der Waals surface area contributed by atoms with E-state index in [-0.39, 0.29) is 0 Å². The molecule has 316 valence electrons. The number of benzene rings is 9. The van der Waals surface area contributed by atoms with E-state index in [1.165, 1.54) is 11.1 Å². The molecule has 0 unspecified atom stereocenters. The predicted octanol–water partition coefficient (Wildman–Crippen LogP) is 16.4. The van der Waals surface area contributed by atoms with E-state index in [1.54, 1.807) is 0 Å². The van der Waals surface area contributed by atoms with Gasteiger partial charge in [0.05, 0.1) is 22.4 Å². The van der Waals surface area contributed by atoms with Gasteiger partial charge in [0.25, 0.3) is 0 Å². The summed E-state index contributed by atoms with van der Waals surface area (Å²) in [5.41, 5.74) is 18.4. The molecule has 2 heterocycles. The highest BCUT2D eigenvalue weighted by molar-refractivity contribution is 6.12. The van der Waals surface area contributed by atoms with Gasteiger partial charge in [-0.15, -0.1) is 0 Å². The molecule has 9 aromatic carbocycles. The Hall–Kier alpha value is -8.54. The Bertz CT molecular complexity index is 3330. The summed E-state index contributed by atoms with van der Waals surface area (Å²) >= 11 is 0. The highest BCUT2D eigenvalue weighted by Gasteiger charge is 2.21. The van der Waals surface area contributed by atoms with Crippen molar-refractivity contribution < 1.29 is 0 Å². The van der Waals surface area contributed by atoms with Crippen LogP contribution in [0.5, 0.6) is 0 Å². The summed E-state index contributed by atoms with van der Waals surface area (Å²) in [6, 6.07) is 82.1. The minimum absolute atomic E-state index is 0.702. The standard InChI is InChI=1S/C61H47N5/c1-42-24-29-50(30-25-42)65(51-31-26-43(2)27-32-51)53-34-37-60-55(40-53)54-39-52(64(48-20-12-6-13-21-48)49-22-14-7-15-23-49)33-36-59(54)66(60)58-35-28-47(38-44(58)3)57-41-56(45-16-8-4-9-17-45)62-61(63-57)46-18-10-5-11-19-46/h4-41H,1-3H3. The Morgan fingerprint density at radius 1 is 0.333 bits per heavy atom. The number of nitrogens with zero attached hydrogens (tertiary/aromatic N) is 5. The number of aryl methyl sites for hydroxylation is 3. The van der Waals surface area contributed by atoms with Crippen LogP contribution in [0, 0.1) is 20.8 Å². The largest absolute Gasteiger partial charge is 0.310 e. The monoisotopic (exact) mass is 849 g/mol. The lowest BCUT2D eigenvalue weighted by Crippen LogP contribution is -2.10. The maximum atomic E-state index is 5.17. The summed E-state index contributed by atoms with van der Waals surface area (Å²) in [4.78, 5) is 14.9. The van der Waals surface area contributed by atoms with Crippen molar-refractivity contribution in [3.05, 3.63) is 247 Å². The van der Waals surface area contributed by atoms with Gasteiger partial charge in [-0.2, -0.15) is 0 Å². The van der Waals surface area contributed by atoms with E-state index in [9.17, 15) is 0 Å². The molecule has 11 aromatic rings. The normalized spacial score (nSPS) is 11.3. The topological polar surface area (TPSA) is 37.2 Å². The fourth-order valence-electron chi connectivity index (χ4n) is 9.11. The van der Waals surface area contributed by atoms with E-state index in [4.69, 9.17) is 9.97 Å². The molecule has 0 radical (unpaired) electrons. The van der Waals surface area contributed by atoms with Crippen LogP contribution in [0.15, 0.2) is 231 Å². The molecule has 0 N–H and O–H groups in total. The van der Waals surface area contributed by atoms with Crippen LogP contribution in [0.3, 0.4) is 0 Å². The Morgan fingerprint density at radius 3 is 1.21 bits per heavy atom. The molecule has 0 spiro atoms. The molecular weight excluding hydrogens is 803 g/mol. The molecule has 0 aliphatic rings. The van der Waals surface area contributed by atoms with Crippen molar-refractivity contribution in [1.29, 1.82) is 0 Å². The average Bonchev–Trinajstić information content (AvgIpc) is 3.69. The number of fused-ring (bicyclic) bond motifs is 3. The average molecular weight is 850 g/mol. The van der Waals surface area contributed by atoms with Gasteiger partial charge in [-0.05, 0) is 129 Å². The van der Waals surface area contributed by atoms with Gasteiger partial charge in [-0.3, -0.25) is 0 Å². The van der Waals surface area contributed by atoms with Gasteiger partial charge < -0.3 is 14.4 Å². The fourth-order valence-corrected chi connectivity index (χ4v) is 9.11. The van der Waals surface area contributed by atoms with Gasteiger partial charge in [0.15, 0.2) is 5.82 Å². The van der Waals surface area contributed by atoms with Crippen molar-refractivity contribution in [2.45, 2.75) is 20.8 Å². The Kier molecular flexibility index (Phi) is 10.5. The van der Waals surface area contributed by atoms with E-state index in [1.807, 2.05) is 24.3 Å². The molecule has 5 nitrogen and oxygen atoms in total. The summed E-state index contributed by atoms with van der Waals surface area (Å²) in [7, 11) is 0. The van der Waals surface area contributed by atoms with Crippen LogP contribution in [0.2, 0.25) is 0 Å². The zero-order chi connectivity index (χ0) is 44.6. The van der Waals surface area contributed by atoms with Crippen LogP contribution in [0.25, 0.3) is 61.4 Å². The minimum Gasteiger partial charge on any atom is -0.310 e. The van der Waals surface area contributed by atoms with Crippen LogP contribution in [-0.2, 0) is 0 Å². The number of para-hydroxylation sites is 2. The van der Waals surface area contributed by atoms with E-state index in [2.05, 4.69) is 241 Å². The number of anilines is 6. The smallest absolute Gasteiger partial charge is 0.160 e. The van der Waals surface area contributed by atoms with Crippen molar-refractivity contribution in [1.82, 2.24) is 14.5 Å². The molecule has 0 aliphatic carbocycles. The van der Waals surface area contributed by atoms with Crippen LogP contribution >= 0.6 is 0 Å². The van der Waals surface area contributed by atoms with Crippen molar-refractivity contribution >= 4 is 55.9 Å². The summed E-state index contributed by atoms with van der Waals surface area (Å²) in [6.07, 6.45) is 0. The number of rotatable bonds is 10. The van der Waals surface area contributed by atoms with Gasteiger partial charge in [0, 0.05) is 67.3 Å². The molecule has 0 saturated carbocycles. The van der Waals surface area contributed by atoms with Gasteiger partial charge in [-0.25, -0.2) is 9.97 Å². The molecule has 5 heteroatoms. The fraction of sp³-hybridized carbons (Fsp3) is 0.0492. The third-order valence-electron chi connectivity index (χ3n) is 12.4. The summed E-state index contributed by atoms with van der Waals surface area (Å²) in [5, 5.41) is 2.32. The number of hydrogen-bond acceptors (Lipinski definition) is 4. The number of aromatic nitrogens is 3. The van der Waals surface area contributed by atoms with Gasteiger partial charge >= 0.3 is 0 Å². The van der Waals surface area contributed by atoms with Crippen LogP contribution in [0.4, 0.5) is 34.1 Å². The lowest BCUT2D eigenvalue weighted by molar-refractivity contribution is 1.14. The molecular formula is C61H47N5. The molecule has 0 bridgehead atoms. The lowest BCUT2D eigenvalue weighted by Gasteiger charge is -2.26. The summed E-state index contributed by atoms with van der Waals surface area (Å²) in [5.74, 6) is 0.702. The van der Waals surface area contributed by atoms with E-state index in [0.717, 1.165) is 95.3 Å². The second-order valence-corrected chi connectivity index (χ2v) is 16.9. The maximum Gasteiger partial charge on any atom is 0.160 e. The summed E-state index contributed by atoms with van der Waals surface area (Å²) in [6.45, 7) is 6.48. The van der Waals surface area contributed by atoms with E-state index >= 15 is 0 Å². The Labute approximate surface area is 386 Å². The van der Waals surface area contributed by atoms with Crippen LogP contribution in [-0.4, -0.2) is 14.5 Å². The first-order valence-corrected chi connectivity index (χ1v) is 22.5. The first kappa shape index (κ1) is 40.2. The second kappa shape index (κ2) is 17.2. The minimum atomic E-state index is 0.702. The molecule has 0 atom stereocenters. The lowest BCUT2D eigenvalue weighted by atomic mass is 10.0. The first-order chi connectivity index (χ1) is 32.4. The van der Waals surface area contributed by atoms with Crippen molar-refractivity contribution in [2.75, 3.05) is 9.80 Å². The van der Waals surface area contributed by atoms with Crippen molar-refractivity contribution in [3.8, 4) is 39.6 Å². The molecule has 11 rings (SSSR count). The molecule has 66 heavy (non-hydrogen) atoms. The van der Waals surface area contributed by atoms with Gasteiger partial charge in [0.2, 0.25) is 0 Å². The van der Waals surface area contributed by atoms with Gasteiger partial charge in [-0.1, -0.05) is 139 Å². The highest BCUT2D eigenvalue weighted by atomic mass is 15.1. The molecule has 0 fully saturated rings. The predicted molar refractivity (Wildman–Crippen MR) is 276 cm³/mol. The zero-order valence-electron chi connectivity index (χ0n) is 37.2. The Morgan fingerprint density at radius 2 is 0.742 bits per heavy atom. The molecule has 0 amide bonds. The zero-order valence-corrected chi connectivity index (χ0v) is 37.2. The van der Waals surface area contributed by atoms with E-state index in [0.29, 0.717) is 5.82 Å². The molecule has 2 aromatic heterocycles. The second-order valence-electron chi connectivity index (χ2n) is 16.9. The van der Waals surface area contributed by atoms with Gasteiger partial charge in [0.1, 0.15) is 0 Å². The van der Waals surface area contributed by atoms with Crippen LogP contribution in [0.1, 0.15) is 16.7 Å². The van der Waals surface area contributed by atoms with Crippen LogP contribution < -0.4 is 9.80 Å². The first-order valence-electron chi connectivity index (χ1n) is 22.5. The van der Waals surface area contributed by atoms with Crippen molar-refractivity contribution in [3.63, 3.8) is 0 Å². The number of hydrogen-bond donors (Lipinski definition) is 0. The SMILES string of the molecule is Cc1ccc(N(c2ccc(C)cc2)c2ccc3c(c2)c2cc(N(c4ccccc4)c4ccccc4)ccc2n3-c2ccc(-c3cc(-c4ccccc4)nc(-c4ccccc4)n3)cc2C)cc1. The van der Waals surface area contributed by atoms with Crippen molar-refractivity contribution in [2.24, 2.45) is 0 Å². The quantitative estimate of drug-likeness (QED) is 0.137. The van der Waals surface area contributed by atoms with E-state index < -0.39 is 0 Å². The third-order valence-corrected chi connectivity index (χ3v) is 12.4.